The van der Waals surface area contributed by atoms with Crippen molar-refractivity contribution in [2.75, 3.05) is 13.1 Å². The maximum atomic E-state index is 12.4. The molecule has 0 unspecified atom stereocenters. The van der Waals surface area contributed by atoms with Crippen LogP contribution in [-0.2, 0) is 0 Å². The van der Waals surface area contributed by atoms with Gasteiger partial charge in [-0.15, -0.1) is 0 Å². The molecule has 2 aromatic rings. The predicted molar refractivity (Wildman–Crippen MR) is 68.2 cm³/mol. The topological polar surface area (TPSA) is 44.9 Å². The fraction of sp³-hybridized carbons (Fsp3) is 0.357. The summed E-state index contributed by atoms with van der Waals surface area (Å²) in [4.78, 5) is 15.6. The van der Waals surface area contributed by atoms with Crippen molar-refractivity contribution in [2.24, 2.45) is 5.92 Å². The van der Waals surface area contributed by atoms with E-state index in [4.69, 9.17) is 0 Å². The summed E-state index contributed by atoms with van der Waals surface area (Å²) in [5.41, 5.74) is 1.88. The van der Waals surface area contributed by atoms with E-state index in [0.29, 0.717) is 0 Å². The molecule has 0 aliphatic carbocycles. The van der Waals surface area contributed by atoms with E-state index in [9.17, 15) is 4.79 Å². The summed E-state index contributed by atoms with van der Waals surface area (Å²) in [5, 5.41) is 4.34. The van der Waals surface area contributed by atoms with Crippen LogP contribution in [0.5, 0.6) is 0 Å². The number of nitrogens with one attached hydrogen (secondary N) is 2. The van der Waals surface area contributed by atoms with Crippen molar-refractivity contribution >= 4 is 16.7 Å². The molecule has 17 heavy (non-hydrogen) atoms. The number of para-hydroxylation sites is 1. The molecule has 0 spiro atoms. The molecular weight excluding hydrogens is 212 g/mol. The number of aromatic amines is 1. The van der Waals surface area contributed by atoms with Gasteiger partial charge in [0.1, 0.15) is 0 Å². The van der Waals surface area contributed by atoms with E-state index in [1.807, 2.05) is 30.5 Å². The van der Waals surface area contributed by atoms with Crippen molar-refractivity contribution in [3.63, 3.8) is 0 Å². The highest BCUT2D eigenvalue weighted by molar-refractivity contribution is 6.08. The summed E-state index contributed by atoms with van der Waals surface area (Å²) in [6.45, 7) is 1.86. The lowest BCUT2D eigenvalue weighted by atomic mass is 9.91. The number of ketones is 1. The molecule has 1 aliphatic heterocycles. The van der Waals surface area contributed by atoms with Crippen LogP contribution in [0, 0.1) is 5.92 Å². The molecule has 1 aliphatic rings. The second kappa shape index (κ2) is 4.34. The van der Waals surface area contributed by atoms with Crippen molar-refractivity contribution < 1.29 is 4.79 Å². The molecule has 0 bridgehead atoms. The molecule has 1 aromatic carbocycles. The van der Waals surface area contributed by atoms with Gasteiger partial charge >= 0.3 is 0 Å². The molecule has 3 nitrogen and oxygen atoms in total. The molecule has 88 valence electrons. The van der Waals surface area contributed by atoms with Gasteiger partial charge in [0.25, 0.3) is 0 Å². The van der Waals surface area contributed by atoms with Gasteiger partial charge in [0.05, 0.1) is 0 Å². The number of carbonyl (C=O) groups excluding carboxylic acids is 1. The average molecular weight is 228 g/mol. The Labute approximate surface area is 100 Å². The molecular formula is C14H16N2O. The van der Waals surface area contributed by atoms with Crippen LogP contribution >= 0.6 is 0 Å². The molecule has 2 N–H and O–H groups in total. The highest BCUT2D eigenvalue weighted by atomic mass is 16.1. The van der Waals surface area contributed by atoms with Gasteiger partial charge in [0, 0.05) is 35.1 Å². The minimum absolute atomic E-state index is 0.142. The number of fused-ring (bicyclic) bond motifs is 1. The van der Waals surface area contributed by atoms with E-state index in [1.165, 1.54) is 0 Å². The number of hydrogen-bond donors (Lipinski definition) is 2. The number of aromatic nitrogens is 1. The molecule has 3 rings (SSSR count). The second-order valence-electron chi connectivity index (χ2n) is 4.66. The van der Waals surface area contributed by atoms with Crippen molar-refractivity contribution in [2.45, 2.75) is 12.8 Å². The highest BCUT2D eigenvalue weighted by Crippen LogP contribution is 2.23. The van der Waals surface area contributed by atoms with E-state index in [1.54, 1.807) is 0 Å². The maximum absolute atomic E-state index is 12.4. The Hall–Kier alpha value is -1.61. The first kappa shape index (κ1) is 10.5. The number of carbonyl (C=O) groups is 1. The van der Waals surface area contributed by atoms with Gasteiger partial charge in [-0.1, -0.05) is 18.2 Å². The first-order chi connectivity index (χ1) is 8.36. The summed E-state index contributed by atoms with van der Waals surface area (Å²) in [7, 11) is 0. The largest absolute Gasteiger partial charge is 0.360 e. The maximum Gasteiger partial charge on any atom is 0.169 e. The molecule has 3 heteroatoms. The molecule has 0 amide bonds. The molecule has 1 saturated heterocycles. The first-order valence-corrected chi connectivity index (χ1v) is 6.17. The summed E-state index contributed by atoms with van der Waals surface area (Å²) in [5.74, 6) is 0.414. The zero-order chi connectivity index (χ0) is 11.7. The standard InChI is InChI=1S/C14H16N2O/c17-14(10-4-3-7-15-8-10)12-9-16-13-6-2-1-5-11(12)13/h1-2,5-6,9-10,15-16H,3-4,7-8H2/t10-/m1/s1. The van der Waals surface area contributed by atoms with Gasteiger partial charge in [-0.3, -0.25) is 4.79 Å². The van der Waals surface area contributed by atoms with E-state index in [-0.39, 0.29) is 11.7 Å². The average Bonchev–Trinajstić information content (AvgIpc) is 2.83. The Morgan fingerprint density at radius 2 is 2.18 bits per heavy atom. The van der Waals surface area contributed by atoms with Crippen LogP contribution in [0.2, 0.25) is 0 Å². The molecule has 1 fully saturated rings. The van der Waals surface area contributed by atoms with Gasteiger partial charge in [-0.25, -0.2) is 0 Å². The monoisotopic (exact) mass is 228 g/mol. The van der Waals surface area contributed by atoms with Gasteiger partial charge in [-0.05, 0) is 25.5 Å². The summed E-state index contributed by atoms with van der Waals surface area (Å²) in [6.07, 6.45) is 3.95. The van der Waals surface area contributed by atoms with Crippen LogP contribution in [0.4, 0.5) is 0 Å². The molecule has 0 radical (unpaired) electrons. The van der Waals surface area contributed by atoms with Crippen LogP contribution in [0.25, 0.3) is 10.9 Å². The molecule has 1 atom stereocenters. The second-order valence-corrected chi connectivity index (χ2v) is 4.66. The van der Waals surface area contributed by atoms with E-state index >= 15 is 0 Å². The van der Waals surface area contributed by atoms with Crippen LogP contribution in [0.1, 0.15) is 23.2 Å². The van der Waals surface area contributed by atoms with Gasteiger partial charge in [0.15, 0.2) is 5.78 Å². The minimum Gasteiger partial charge on any atom is -0.360 e. The third-order valence-electron chi connectivity index (χ3n) is 3.52. The van der Waals surface area contributed by atoms with Crippen LogP contribution in [0.3, 0.4) is 0 Å². The van der Waals surface area contributed by atoms with Gasteiger partial charge in [0.2, 0.25) is 0 Å². The number of benzene rings is 1. The van der Waals surface area contributed by atoms with Crippen molar-refractivity contribution in [3.05, 3.63) is 36.0 Å². The number of H-pyrrole nitrogens is 1. The summed E-state index contributed by atoms with van der Waals surface area (Å²) < 4.78 is 0. The Bertz CT molecular complexity index is 538. The zero-order valence-corrected chi connectivity index (χ0v) is 9.70. The lowest BCUT2D eigenvalue weighted by Gasteiger charge is -2.21. The van der Waals surface area contributed by atoms with Gasteiger partial charge in [-0.2, -0.15) is 0 Å². The predicted octanol–water partition coefficient (Wildman–Crippen LogP) is 2.35. The number of piperidine rings is 1. The van der Waals surface area contributed by atoms with Crippen LogP contribution in [-0.4, -0.2) is 23.9 Å². The Morgan fingerprint density at radius 1 is 1.29 bits per heavy atom. The van der Waals surface area contributed by atoms with Crippen LogP contribution in [0.15, 0.2) is 30.5 Å². The SMILES string of the molecule is O=C(c1c[nH]c2ccccc12)[C@@H]1CCCNC1. The van der Waals surface area contributed by atoms with Crippen molar-refractivity contribution in [1.82, 2.24) is 10.3 Å². The lowest BCUT2D eigenvalue weighted by molar-refractivity contribution is 0.0901. The highest BCUT2D eigenvalue weighted by Gasteiger charge is 2.23. The lowest BCUT2D eigenvalue weighted by Crippen LogP contribution is -2.34. The quantitative estimate of drug-likeness (QED) is 0.775. The van der Waals surface area contributed by atoms with Gasteiger partial charge < -0.3 is 10.3 Å². The molecule has 0 saturated carbocycles. The number of rotatable bonds is 2. The smallest absolute Gasteiger partial charge is 0.169 e. The van der Waals surface area contributed by atoms with Crippen LogP contribution < -0.4 is 5.32 Å². The summed E-state index contributed by atoms with van der Waals surface area (Å²) in [6, 6.07) is 7.97. The molecule has 2 heterocycles. The zero-order valence-electron chi connectivity index (χ0n) is 9.70. The minimum atomic E-state index is 0.142. The fourth-order valence-corrected chi connectivity index (χ4v) is 2.57. The Balaban J connectivity index is 1.95. The van der Waals surface area contributed by atoms with E-state index in [0.717, 1.165) is 42.4 Å². The fourth-order valence-electron chi connectivity index (χ4n) is 2.57. The third-order valence-corrected chi connectivity index (χ3v) is 3.52. The van der Waals surface area contributed by atoms with Crippen molar-refractivity contribution in [3.8, 4) is 0 Å². The Kier molecular flexibility index (Phi) is 2.69. The van der Waals surface area contributed by atoms with E-state index < -0.39 is 0 Å². The number of hydrogen-bond acceptors (Lipinski definition) is 2. The first-order valence-electron chi connectivity index (χ1n) is 6.17. The third kappa shape index (κ3) is 1.87. The van der Waals surface area contributed by atoms with E-state index in [2.05, 4.69) is 10.3 Å². The molecule has 1 aromatic heterocycles. The summed E-state index contributed by atoms with van der Waals surface area (Å²) >= 11 is 0. The normalized spacial score (nSPS) is 20.6. The van der Waals surface area contributed by atoms with Crippen molar-refractivity contribution in [1.29, 1.82) is 0 Å². The number of Topliss-reactive ketones (excluding diaryl/α,β-unsaturated/α-hetero) is 1. The Morgan fingerprint density at radius 3 is 3.00 bits per heavy atom.